The lowest BCUT2D eigenvalue weighted by Gasteiger charge is -2.36. The van der Waals surface area contributed by atoms with E-state index in [-0.39, 0.29) is 5.69 Å². The number of benzene rings is 1. The smallest absolute Gasteiger partial charge is 0.418 e. The lowest BCUT2D eigenvalue weighted by atomic mass is 10.0. The summed E-state index contributed by atoms with van der Waals surface area (Å²) >= 11 is 0. The SMILES string of the molecule is COC(=O)[C@@H]1CCCCN1c1ccc(N)c(C(F)(F)F)c1. The minimum Gasteiger partial charge on any atom is -0.467 e. The van der Waals surface area contributed by atoms with E-state index in [1.807, 2.05) is 0 Å². The van der Waals surface area contributed by atoms with Gasteiger partial charge < -0.3 is 15.4 Å². The summed E-state index contributed by atoms with van der Waals surface area (Å²) in [4.78, 5) is 13.4. The zero-order chi connectivity index (χ0) is 15.6. The number of carbonyl (C=O) groups excluding carboxylic acids is 1. The Hall–Kier alpha value is -1.92. The molecule has 0 spiro atoms. The van der Waals surface area contributed by atoms with Gasteiger partial charge >= 0.3 is 12.1 Å². The first kappa shape index (κ1) is 15.5. The number of methoxy groups -OCH3 is 1. The van der Waals surface area contributed by atoms with E-state index in [4.69, 9.17) is 10.5 Å². The van der Waals surface area contributed by atoms with Crippen molar-refractivity contribution >= 4 is 17.3 Å². The molecule has 116 valence electrons. The standard InChI is InChI=1S/C14H17F3N2O2/c1-21-13(20)12-4-2-3-7-19(12)9-5-6-11(18)10(8-9)14(15,16)17/h5-6,8,12H,2-4,7,18H2,1H3/t12-/m0/s1. The fourth-order valence-corrected chi connectivity index (χ4v) is 2.59. The number of rotatable bonds is 2. The summed E-state index contributed by atoms with van der Waals surface area (Å²) in [6.07, 6.45) is -2.29. The van der Waals surface area contributed by atoms with Crippen LogP contribution in [0.1, 0.15) is 24.8 Å². The average molecular weight is 302 g/mol. The number of anilines is 2. The van der Waals surface area contributed by atoms with Crippen molar-refractivity contribution in [3.63, 3.8) is 0 Å². The largest absolute Gasteiger partial charge is 0.467 e. The van der Waals surface area contributed by atoms with Gasteiger partial charge in [0.25, 0.3) is 0 Å². The number of alkyl halides is 3. The summed E-state index contributed by atoms with van der Waals surface area (Å²) in [6, 6.07) is 3.18. The van der Waals surface area contributed by atoms with E-state index in [1.165, 1.54) is 19.2 Å². The number of hydrogen-bond acceptors (Lipinski definition) is 4. The van der Waals surface area contributed by atoms with Crippen LogP contribution >= 0.6 is 0 Å². The molecular formula is C14H17F3N2O2. The second kappa shape index (κ2) is 5.83. The first-order chi connectivity index (χ1) is 9.84. The van der Waals surface area contributed by atoms with Crippen molar-refractivity contribution < 1.29 is 22.7 Å². The Morgan fingerprint density at radius 3 is 2.71 bits per heavy atom. The van der Waals surface area contributed by atoms with Gasteiger partial charge in [-0.25, -0.2) is 4.79 Å². The van der Waals surface area contributed by atoms with Gasteiger partial charge in [-0.05, 0) is 37.5 Å². The van der Waals surface area contributed by atoms with Crippen molar-refractivity contribution in [1.29, 1.82) is 0 Å². The zero-order valence-corrected chi connectivity index (χ0v) is 11.6. The summed E-state index contributed by atoms with van der Waals surface area (Å²) in [5.41, 5.74) is 4.53. The predicted molar refractivity (Wildman–Crippen MR) is 72.9 cm³/mol. The highest BCUT2D eigenvalue weighted by atomic mass is 19.4. The first-order valence-corrected chi connectivity index (χ1v) is 6.66. The minimum absolute atomic E-state index is 0.321. The van der Waals surface area contributed by atoms with Crippen LogP contribution in [0.3, 0.4) is 0 Å². The third-order valence-electron chi connectivity index (χ3n) is 3.65. The molecule has 1 aliphatic rings. The van der Waals surface area contributed by atoms with Crippen LogP contribution in [0.15, 0.2) is 18.2 Å². The predicted octanol–water partition coefficient (Wildman–Crippen LogP) is 2.82. The van der Waals surface area contributed by atoms with Crippen LogP contribution < -0.4 is 10.6 Å². The van der Waals surface area contributed by atoms with Gasteiger partial charge in [0.2, 0.25) is 0 Å². The van der Waals surface area contributed by atoms with Crippen LogP contribution in [0, 0.1) is 0 Å². The van der Waals surface area contributed by atoms with E-state index >= 15 is 0 Å². The lowest BCUT2D eigenvalue weighted by Crippen LogP contribution is -2.45. The number of nitrogen functional groups attached to an aromatic ring is 1. The maximum atomic E-state index is 12.9. The summed E-state index contributed by atoms with van der Waals surface area (Å²) < 4.78 is 43.5. The maximum Gasteiger partial charge on any atom is 0.418 e. The van der Waals surface area contributed by atoms with Crippen molar-refractivity contribution in [1.82, 2.24) is 0 Å². The van der Waals surface area contributed by atoms with Crippen molar-refractivity contribution in [2.45, 2.75) is 31.5 Å². The topological polar surface area (TPSA) is 55.6 Å². The van der Waals surface area contributed by atoms with Gasteiger partial charge in [-0.3, -0.25) is 0 Å². The molecule has 0 aromatic heterocycles. The number of halogens is 3. The zero-order valence-electron chi connectivity index (χ0n) is 11.6. The summed E-state index contributed by atoms with van der Waals surface area (Å²) in [7, 11) is 1.28. The molecular weight excluding hydrogens is 285 g/mol. The molecule has 0 saturated carbocycles. The number of nitrogens with zero attached hydrogens (tertiary/aromatic N) is 1. The molecule has 0 amide bonds. The molecule has 21 heavy (non-hydrogen) atoms. The second-order valence-corrected chi connectivity index (χ2v) is 5.00. The Labute approximate surface area is 120 Å². The van der Waals surface area contributed by atoms with Gasteiger partial charge in [-0.2, -0.15) is 13.2 Å². The van der Waals surface area contributed by atoms with Gasteiger partial charge in [0, 0.05) is 17.9 Å². The molecule has 0 aliphatic carbocycles. The van der Waals surface area contributed by atoms with Crippen molar-refractivity contribution in [2.24, 2.45) is 0 Å². The third kappa shape index (κ3) is 3.22. The summed E-state index contributed by atoms with van der Waals surface area (Å²) in [5, 5.41) is 0. The van der Waals surface area contributed by atoms with Crippen LogP contribution in [-0.2, 0) is 15.7 Å². The molecule has 1 aromatic rings. The van der Waals surface area contributed by atoms with Crippen LogP contribution in [0.4, 0.5) is 24.5 Å². The van der Waals surface area contributed by atoms with Crippen LogP contribution in [0.5, 0.6) is 0 Å². The normalized spacial score (nSPS) is 19.4. The third-order valence-corrected chi connectivity index (χ3v) is 3.65. The Balaban J connectivity index is 2.37. The lowest BCUT2D eigenvalue weighted by molar-refractivity contribution is -0.142. The Morgan fingerprint density at radius 2 is 2.10 bits per heavy atom. The fraction of sp³-hybridized carbons (Fsp3) is 0.500. The van der Waals surface area contributed by atoms with Crippen LogP contribution in [-0.4, -0.2) is 25.7 Å². The van der Waals surface area contributed by atoms with E-state index < -0.39 is 23.8 Å². The molecule has 1 aliphatic heterocycles. The number of nitrogens with two attached hydrogens (primary N) is 1. The highest BCUT2D eigenvalue weighted by molar-refractivity contribution is 5.80. The molecule has 0 radical (unpaired) electrons. The number of carbonyl (C=O) groups is 1. The summed E-state index contributed by atoms with van der Waals surface area (Å²) in [5.74, 6) is -0.430. The van der Waals surface area contributed by atoms with Crippen LogP contribution in [0.2, 0.25) is 0 Å². The molecule has 1 atom stereocenters. The van der Waals surface area contributed by atoms with E-state index in [9.17, 15) is 18.0 Å². The molecule has 0 bridgehead atoms. The maximum absolute atomic E-state index is 12.9. The van der Waals surface area contributed by atoms with Gasteiger partial charge in [0.05, 0.1) is 12.7 Å². The number of piperidine rings is 1. The highest BCUT2D eigenvalue weighted by Gasteiger charge is 2.35. The molecule has 1 saturated heterocycles. The molecule has 1 aromatic carbocycles. The number of esters is 1. The van der Waals surface area contributed by atoms with Gasteiger partial charge in [0.15, 0.2) is 0 Å². The Morgan fingerprint density at radius 1 is 1.38 bits per heavy atom. The highest BCUT2D eigenvalue weighted by Crippen LogP contribution is 2.37. The fourth-order valence-electron chi connectivity index (χ4n) is 2.59. The quantitative estimate of drug-likeness (QED) is 0.674. The van der Waals surface area contributed by atoms with Gasteiger partial charge in [0.1, 0.15) is 6.04 Å². The Kier molecular flexibility index (Phi) is 4.29. The molecule has 4 nitrogen and oxygen atoms in total. The molecule has 1 heterocycles. The monoisotopic (exact) mass is 302 g/mol. The molecule has 7 heteroatoms. The Bertz CT molecular complexity index is 531. The number of hydrogen-bond donors (Lipinski definition) is 1. The molecule has 2 rings (SSSR count). The second-order valence-electron chi connectivity index (χ2n) is 5.00. The van der Waals surface area contributed by atoms with Gasteiger partial charge in [-0.1, -0.05) is 0 Å². The van der Waals surface area contributed by atoms with Crippen molar-refractivity contribution in [2.75, 3.05) is 24.3 Å². The first-order valence-electron chi connectivity index (χ1n) is 6.66. The van der Waals surface area contributed by atoms with Crippen molar-refractivity contribution in [3.05, 3.63) is 23.8 Å². The van der Waals surface area contributed by atoms with E-state index in [1.54, 1.807) is 4.90 Å². The molecule has 2 N–H and O–H groups in total. The summed E-state index contributed by atoms with van der Waals surface area (Å²) in [6.45, 7) is 0.515. The minimum atomic E-state index is -4.52. The van der Waals surface area contributed by atoms with E-state index in [2.05, 4.69) is 0 Å². The number of ether oxygens (including phenoxy) is 1. The van der Waals surface area contributed by atoms with Crippen LogP contribution in [0.25, 0.3) is 0 Å². The van der Waals surface area contributed by atoms with E-state index in [0.29, 0.717) is 18.7 Å². The van der Waals surface area contributed by atoms with Crippen molar-refractivity contribution in [3.8, 4) is 0 Å². The molecule has 0 unspecified atom stereocenters. The average Bonchev–Trinajstić information content (AvgIpc) is 2.46. The molecule has 1 fully saturated rings. The van der Waals surface area contributed by atoms with Gasteiger partial charge in [-0.15, -0.1) is 0 Å². The van der Waals surface area contributed by atoms with E-state index in [0.717, 1.165) is 18.9 Å².